The van der Waals surface area contributed by atoms with Gasteiger partial charge in [-0.2, -0.15) is 0 Å². The maximum atomic E-state index is 13.1. The van der Waals surface area contributed by atoms with Crippen molar-refractivity contribution in [2.24, 2.45) is 0 Å². The second kappa shape index (κ2) is 6.62. The highest BCUT2D eigenvalue weighted by atomic mass is 32.2. The van der Waals surface area contributed by atoms with Crippen molar-refractivity contribution in [3.05, 3.63) is 60.2 Å². The first-order valence-corrected chi connectivity index (χ1v) is 7.78. The first kappa shape index (κ1) is 14.6. The van der Waals surface area contributed by atoms with Crippen molar-refractivity contribution in [2.75, 3.05) is 5.75 Å². The van der Waals surface area contributed by atoms with E-state index in [4.69, 9.17) is 0 Å². The summed E-state index contributed by atoms with van der Waals surface area (Å²) in [6, 6.07) is 14.1. The van der Waals surface area contributed by atoms with Gasteiger partial charge in [0.1, 0.15) is 11.6 Å². The number of rotatable bonds is 5. The molecule has 0 unspecified atom stereocenters. The van der Waals surface area contributed by atoms with E-state index in [0.717, 1.165) is 4.90 Å². The number of thioether (sulfide) groups is 1. The van der Waals surface area contributed by atoms with Gasteiger partial charge in [-0.15, -0.1) is 11.8 Å². The number of H-pyrrole nitrogens is 1. The van der Waals surface area contributed by atoms with Gasteiger partial charge in [-0.25, -0.2) is 9.37 Å². The van der Waals surface area contributed by atoms with E-state index in [1.807, 2.05) is 30.3 Å². The maximum Gasteiger partial charge on any atom is 0.230 e. The molecule has 4 nitrogen and oxygen atoms in total. The van der Waals surface area contributed by atoms with Gasteiger partial charge in [-0.3, -0.25) is 4.79 Å². The smallest absolute Gasteiger partial charge is 0.230 e. The SMILES string of the molecule is O=C(CSc1ccccc1)NCc1nc2ccc(F)cc2[nH]1. The summed E-state index contributed by atoms with van der Waals surface area (Å²) in [4.78, 5) is 20.2. The van der Waals surface area contributed by atoms with Crippen LogP contribution in [-0.4, -0.2) is 21.6 Å². The van der Waals surface area contributed by atoms with Crippen molar-refractivity contribution in [2.45, 2.75) is 11.4 Å². The Morgan fingerprint density at radius 3 is 2.86 bits per heavy atom. The van der Waals surface area contributed by atoms with E-state index in [2.05, 4.69) is 15.3 Å². The van der Waals surface area contributed by atoms with Crippen molar-refractivity contribution < 1.29 is 9.18 Å². The minimum Gasteiger partial charge on any atom is -0.348 e. The van der Waals surface area contributed by atoms with Gasteiger partial charge >= 0.3 is 0 Å². The van der Waals surface area contributed by atoms with E-state index in [9.17, 15) is 9.18 Å². The van der Waals surface area contributed by atoms with Gasteiger partial charge in [0.25, 0.3) is 0 Å². The molecule has 0 spiro atoms. The predicted molar refractivity (Wildman–Crippen MR) is 85.1 cm³/mol. The van der Waals surface area contributed by atoms with Crippen LogP contribution in [0.15, 0.2) is 53.4 Å². The number of halogens is 1. The minimum absolute atomic E-state index is 0.0690. The first-order chi connectivity index (χ1) is 10.7. The third-order valence-electron chi connectivity index (χ3n) is 3.06. The van der Waals surface area contributed by atoms with Gasteiger partial charge in [0.05, 0.1) is 23.3 Å². The second-order valence-corrected chi connectivity index (χ2v) is 5.77. The molecule has 0 aliphatic heterocycles. The molecule has 3 aromatic rings. The monoisotopic (exact) mass is 315 g/mol. The molecule has 112 valence electrons. The Bertz CT molecular complexity index is 788. The van der Waals surface area contributed by atoms with Crippen molar-refractivity contribution in [1.82, 2.24) is 15.3 Å². The van der Waals surface area contributed by atoms with Crippen molar-refractivity contribution in [1.29, 1.82) is 0 Å². The van der Waals surface area contributed by atoms with Crippen LogP contribution in [0.2, 0.25) is 0 Å². The fourth-order valence-electron chi connectivity index (χ4n) is 2.02. The molecular weight excluding hydrogens is 301 g/mol. The van der Waals surface area contributed by atoms with Crippen LogP contribution in [0.4, 0.5) is 4.39 Å². The van der Waals surface area contributed by atoms with E-state index in [0.29, 0.717) is 29.2 Å². The Labute approximate surface area is 131 Å². The molecule has 3 rings (SSSR count). The summed E-state index contributed by atoms with van der Waals surface area (Å²) < 4.78 is 13.1. The van der Waals surface area contributed by atoms with Gasteiger partial charge in [-0.1, -0.05) is 18.2 Å². The van der Waals surface area contributed by atoms with E-state index < -0.39 is 0 Å². The number of carbonyl (C=O) groups excluding carboxylic acids is 1. The third kappa shape index (κ3) is 3.65. The number of benzene rings is 2. The van der Waals surface area contributed by atoms with Crippen LogP contribution in [0.25, 0.3) is 11.0 Å². The molecule has 0 radical (unpaired) electrons. The molecule has 2 N–H and O–H groups in total. The highest BCUT2D eigenvalue weighted by molar-refractivity contribution is 8.00. The molecule has 0 saturated carbocycles. The van der Waals surface area contributed by atoms with E-state index in [1.54, 1.807) is 6.07 Å². The molecule has 1 aromatic heterocycles. The quantitative estimate of drug-likeness (QED) is 0.711. The van der Waals surface area contributed by atoms with Crippen molar-refractivity contribution >= 4 is 28.7 Å². The Hall–Kier alpha value is -2.34. The van der Waals surface area contributed by atoms with Crippen LogP contribution >= 0.6 is 11.8 Å². The van der Waals surface area contributed by atoms with Gasteiger partial charge in [0.2, 0.25) is 5.91 Å². The molecule has 0 saturated heterocycles. The van der Waals surface area contributed by atoms with Crippen LogP contribution in [0.1, 0.15) is 5.82 Å². The van der Waals surface area contributed by atoms with E-state index in [1.165, 1.54) is 23.9 Å². The lowest BCUT2D eigenvalue weighted by molar-refractivity contribution is -0.118. The number of aromatic amines is 1. The van der Waals surface area contributed by atoms with E-state index >= 15 is 0 Å². The molecule has 0 fully saturated rings. The molecule has 0 aliphatic carbocycles. The molecule has 0 bridgehead atoms. The summed E-state index contributed by atoms with van der Waals surface area (Å²) in [5.74, 6) is 0.573. The average Bonchev–Trinajstić information content (AvgIpc) is 2.94. The van der Waals surface area contributed by atoms with Crippen LogP contribution in [0, 0.1) is 5.82 Å². The molecule has 0 atom stereocenters. The number of carbonyl (C=O) groups is 1. The summed E-state index contributed by atoms with van der Waals surface area (Å²) in [6.45, 7) is 0.296. The molecular formula is C16H14FN3OS. The lowest BCUT2D eigenvalue weighted by Crippen LogP contribution is -2.25. The van der Waals surface area contributed by atoms with Gasteiger partial charge in [-0.05, 0) is 30.3 Å². The van der Waals surface area contributed by atoms with Crippen molar-refractivity contribution in [3.8, 4) is 0 Å². The zero-order chi connectivity index (χ0) is 15.4. The number of amides is 1. The summed E-state index contributed by atoms with van der Waals surface area (Å²) in [5, 5.41) is 2.80. The number of aromatic nitrogens is 2. The zero-order valence-electron chi connectivity index (χ0n) is 11.7. The lowest BCUT2D eigenvalue weighted by atomic mass is 10.3. The second-order valence-electron chi connectivity index (χ2n) is 4.72. The third-order valence-corrected chi connectivity index (χ3v) is 4.07. The zero-order valence-corrected chi connectivity index (χ0v) is 12.5. The molecule has 22 heavy (non-hydrogen) atoms. The molecule has 0 aliphatic rings. The standard InChI is InChI=1S/C16H14FN3OS/c17-11-6-7-13-14(8-11)20-15(19-13)9-18-16(21)10-22-12-4-2-1-3-5-12/h1-8H,9-10H2,(H,18,21)(H,19,20). The number of fused-ring (bicyclic) bond motifs is 1. The topological polar surface area (TPSA) is 57.8 Å². The van der Waals surface area contributed by atoms with Gasteiger partial charge in [0, 0.05) is 4.90 Å². The fraction of sp³-hybridized carbons (Fsp3) is 0.125. The predicted octanol–water partition coefficient (Wildman–Crippen LogP) is 3.11. The van der Waals surface area contributed by atoms with Gasteiger partial charge < -0.3 is 10.3 Å². The summed E-state index contributed by atoms with van der Waals surface area (Å²) in [7, 11) is 0. The largest absolute Gasteiger partial charge is 0.348 e. The summed E-state index contributed by atoms with van der Waals surface area (Å²) >= 11 is 1.48. The average molecular weight is 315 g/mol. The summed E-state index contributed by atoms with van der Waals surface area (Å²) in [6.07, 6.45) is 0. The van der Waals surface area contributed by atoms with Gasteiger partial charge in [0.15, 0.2) is 0 Å². The normalized spacial score (nSPS) is 10.8. The molecule has 6 heteroatoms. The number of nitrogens with zero attached hydrogens (tertiary/aromatic N) is 1. The first-order valence-electron chi connectivity index (χ1n) is 6.79. The number of hydrogen-bond acceptors (Lipinski definition) is 3. The lowest BCUT2D eigenvalue weighted by Gasteiger charge is -2.03. The maximum absolute atomic E-state index is 13.1. The Morgan fingerprint density at radius 2 is 2.05 bits per heavy atom. The Kier molecular flexibility index (Phi) is 4.39. The Balaban J connectivity index is 1.53. The van der Waals surface area contributed by atoms with Crippen LogP contribution in [0.5, 0.6) is 0 Å². The molecule has 2 aromatic carbocycles. The minimum atomic E-state index is -0.314. The summed E-state index contributed by atoms with van der Waals surface area (Å²) in [5.41, 5.74) is 1.31. The van der Waals surface area contributed by atoms with Crippen LogP contribution in [0.3, 0.4) is 0 Å². The van der Waals surface area contributed by atoms with Crippen molar-refractivity contribution in [3.63, 3.8) is 0 Å². The van der Waals surface area contributed by atoms with E-state index in [-0.39, 0.29) is 11.7 Å². The number of imidazole rings is 1. The van der Waals surface area contributed by atoms with Crippen LogP contribution in [-0.2, 0) is 11.3 Å². The Morgan fingerprint density at radius 1 is 1.23 bits per heavy atom. The molecule has 1 heterocycles. The van der Waals surface area contributed by atoms with Crippen LogP contribution < -0.4 is 5.32 Å². The fourth-order valence-corrected chi connectivity index (χ4v) is 2.77. The highest BCUT2D eigenvalue weighted by Gasteiger charge is 2.06. The number of hydrogen-bond donors (Lipinski definition) is 2. The number of nitrogens with one attached hydrogen (secondary N) is 2. The molecule has 1 amide bonds. The highest BCUT2D eigenvalue weighted by Crippen LogP contribution is 2.16.